The minimum atomic E-state index is -0.195. The van der Waals surface area contributed by atoms with Gasteiger partial charge in [-0.2, -0.15) is 0 Å². The third-order valence-electron chi connectivity index (χ3n) is 7.78. The maximum Gasteiger partial charge on any atom is 0.0436 e. The molecule has 0 radical (unpaired) electrons. The summed E-state index contributed by atoms with van der Waals surface area (Å²) in [5, 5.41) is 0. The van der Waals surface area contributed by atoms with Crippen LogP contribution in [-0.4, -0.2) is 6.54 Å². The first-order chi connectivity index (χ1) is 18.4. The number of rotatable bonds is 9. The Kier molecular flexibility index (Phi) is 8.69. The van der Waals surface area contributed by atoms with Gasteiger partial charge in [0, 0.05) is 23.3 Å². The van der Waals surface area contributed by atoms with Crippen LogP contribution in [-0.2, 0) is 5.41 Å². The normalized spacial score (nSPS) is 17.8. The summed E-state index contributed by atoms with van der Waals surface area (Å²) in [6.45, 7) is 13.9. The van der Waals surface area contributed by atoms with E-state index in [-0.39, 0.29) is 5.41 Å². The second kappa shape index (κ2) is 12.1. The highest BCUT2D eigenvalue weighted by molar-refractivity contribution is 5.85. The van der Waals surface area contributed by atoms with Gasteiger partial charge in [-0.05, 0) is 92.1 Å². The quantitative estimate of drug-likeness (QED) is 0.265. The molecule has 1 heteroatoms. The van der Waals surface area contributed by atoms with Crippen LogP contribution < -0.4 is 4.90 Å². The number of fused-ring (bicyclic) bond motifs is 3. The Morgan fingerprint density at radius 2 is 1.58 bits per heavy atom. The van der Waals surface area contributed by atoms with E-state index >= 15 is 0 Å². The first-order valence-electron chi connectivity index (χ1n) is 13.8. The van der Waals surface area contributed by atoms with Crippen LogP contribution in [0, 0.1) is 0 Å². The molecular weight excluding hydrogens is 458 g/mol. The van der Waals surface area contributed by atoms with E-state index < -0.39 is 0 Å². The summed E-state index contributed by atoms with van der Waals surface area (Å²) in [5.74, 6) is 0. The zero-order valence-corrected chi connectivity index (χ0v) is 23.8. The van der Waals surface area contributed by atoms with E-state index in [9.17, 15) is 0 Å². The lowest BCUT2D eigenvalue weighted by Crippen LogP contribution is -2.24. The monoisotopic (exact) mass is 499 g/mol. The molecule has 4 rings (SSSR count). The SMILES string of the molecule is CC=C(/C=C\CN(/C(C)=C/CC)c1ccc2c(c1)C(C)(c1ccccc1)c1ccccc1-2)/C(C)=C/C=C\C. The molecule has 194 valence electrons. The van der Waals surface area contributed by atoms with Crippen LogP contribution >= 0.6 is 0 Å². The number of hydrogen-bond acceptors (Lipinski definition) is 1. The van der Waals surface area contributed by atoms with Gasteiger partial charge in [0.25, 0.3) is 0 Å². The van der Waals surface area contributed by atoms with Gasteiger partial charge in [-0.1, -0.05) is 110 Å². The van der Waals surface area contributed by atoms with Gasteiger partial charge in [0.05, 0.1) is 0 Å². The van der Waals surface area contributed by atoms with Gasteiger partial charge in [0.1, 0.15) is 0 Å². The van der Waals surface area contributed by atoms with E-state index in [4.69, 9.17) is 0 Å². The third-order valence-corrected chi connectivity index (χ3v) is 7.78. The minimum Gasteiger partial charge on any atom is -0.342 e. The topological polar surface area (TPSA) is 3.24 Å². The molecular formula is C37H41N. The van der Waals surface area contributed by atoms with Crippen LogP contribution in [0.2, 0.25) is 0 Å². The smallest absolute Gasteiger partial charge is 0.0436 e. The van der Waals surface area contributed by atoms with E-state index in [0.717, 1.165) is 13.0 Å². The van der Waals surface area contributed by atoms with E-state index in [2.05, 4.69) is 155 Å². The number of allylic oxidation sites excluding steroid dienone is 9. The third kappa shape index (κ3) is 5.24. The van der Waals surface area contributed by atoms with Gasteiger partial charge < -0.3 is 4.90 Å². The van der Waals surface area contributed by atoms with Crippen LogP contribution in [0.15, 0.2) is 132 Å². The Morgan fingerprint density at radius 3 is 2.29 bits per heavy atom. The lowest BCUT2D eigenvalue weighted by molar-refractivity contribution is 0.713. The van der Waals surface area contributed by atoms with Crippen molar-refractivity contribution in [3.63, 3.8) is 0 Å². The summed E-state index contributed by atoms with van der Waals surface area (Å²) in [7, 11) is 0. The van der Waals surface area contributed by atoms with Crippen molar-refractivity contribution in [3.05, 3.63) is 149 Å². The number of hydrogen-bond donors (Lipinski definition) is 0. The Balaban J connectivity index is 1.77. The summed E-state index contributed by atoms with van der Waals surface area (Å²) in [5.41, 5.74) is 11.6. The molecule has 0 fully saturated rings. The van der Waals surface area contributed by atoms with Gasteiger partial charge in [-0.25, -0.2) is 0 Å². The summed E-state index contributed by atoms with van der Waals surface area (Å²) in [6, 6.07) is 26.9. The highest BCUT2D eigenvalue weighted by atomic mass is 15.1. The number of benzene rings is 3. The summed E-state index contributed by atoms with van der Waals surface area (Å²) >= 11 is 0. The van der Waals surface area contributed by atoms with E-state index in [1.807, 2.05) is 6.92 Å². The average molecular weight is 500 g/mol. The average Bonchev–Trinajstić information content (AvgIpc) is 3.21. The fraction of sp³-hybridized carbons (Fsp3) is 0.243. The van der Waals surface area contributed by atoms with Gasteiger partial charge in [-0.3, -0.25) is 0 Å². The number of nitrogens with zero attached hydrogens (tertiary/aromatic N) is 1. The van der Waals surface area contributed by atoms with Gasteiger partial charge in [0.15, 0.2) is 0 Å². The van der Waals surface area contributed by atoms with Crippen molar-refractivity contribution in [3.8, 4) is 11.1 Å². The molecule has 1 aliphatic carbocycles. The molecule has 1 atom stereocenters. The standard InChI is InChI=1S/C37H41N/c1-7-10-18-28(4)30(9-3)19-16-26-38(29(5)17-8-2)32-24-25-34-33-22-14-15-23-35(33)37(6,36(34)27-32)31-20-12-11-13-21-31/h7,9-25,27H,8,26H2,1-6H3/b10-7-,19-16-,28-18+,29-17+,30-9?. The van der Waals surface area contributed by atoms with Crippen molar-refractivity contribution in [2.24, 2.45) is 0 Å². The highest BCUT2D eigenvalue weighted by Gasteiger charge is 2.40. The van der Waals surface area contributed by atoms with Crippen LogP contribution in [0.25, 0.3) is 11.1 Å². The summed E-state index contributed by atoms with van der Waals surface area (Å²) in [4.78, 5) is 2.44. The van der Waals surface area contributed by atoms with Crippen molar-refractivity contribution >= 4 is 5.69 Å². The molecule has 0 saturated heterocycles. The zero-order valence-electron chi connectivity index (χ0n) is 23.8. The second-order valence-corrected chi connectivity index (χ2v) is 10.2. The molecule has 0 amide bonds. The maximum atomic E-state index is 2.44. The van der Waals surface area contributed by atoms with Gasteiger partial charge in [0.2, 0.25) is 0 Å². The van der Waals surface area contributed by atoms with E-state index in [1.54, 1.807) is 0 Å². The molecule has 0 N–H and O–H groups in total. The Hall–Kier alpha value is -3.84. The zero-order chi connectivity index (χ0) is 27.1. The Labute approximate surface area is 230 Å². The predicted molar refractivity (Wildman–Crippen MR) is 167 cm³/mol. The minimum absolute atomic E-state index is 0.195. The van der Waals surface area contributed by atoms with Crippen molar-refractivity contribution in [2.45, 2.75) is 53.4 Å². The lowest BCUT2D eigenvalue weighted by atomic mass is 9.74. The fourth-order valence-corrected chi connectivity index (χ4v) is 5.67. The molecule has 0 spiro atoms. The van der Waals surface area contributed by atoms with E-state index in [1.165, 1.54) is 50.3 Å². The lowest BCUT2D eigenvalue weighted by Gasteiger charge is -2.30. The van der Waals surface area contributed by atoms with Crippen molar-refractivity contribution in [2.75, 3.05) is 11.4 Å². The molecule has 0 aromatic heterocycles. The molecule has 0 aliphatic heterocycles. The van der Waals surface area contributed by atoms with Gasteiger partial charge >= 0.3 is 0 Å². The van der Waals surface area contributed by atoms with Crippen molar-refractivity contribution in [1.82, 2.24) is 0 Å². The van der Waals surface area contributed by atoms with Crippen LogP contribution in [0.5, 0.6) is 0 Å². The van der Waals surface area contributed by atoms with Crippen molar-refractivity contribution < 1.29 is 0 Å². The molecule has 1 aliphatic rings. The van der Waals surface area contributed by atoms with Crippen LogP contribution in [0.3, 0.4) is 0 Å². The summed E-state index contributed by atoms with van der Waals surface area (Å²) in [6.07, 6.45) is 16.4. The van der Waals surface area contributed by atoms with E-state index in [0.29, 0.717) is 0 Å². The molecule has 0 bridgehead atoms. The molecule has 3 aromatic carbocycles. The number of anilines is 1. The molecule has 38 heavy (non-hydrogen) atoms. The predicted octanol–water partition coefficient (Wildman–Crippen LogP) is 10.2. The molecule has 0 saturated carbocycles. The fourth-order valence-electron chi connectivity index (χ4n) is 5.67. The summed E-state index contributed by atoms with van der Waals surface area (Å²) < 4.78 is 0. The molecule has 1 nitrogen and oxygen atoms in total. The second-order valence-electron chi connectivity index (χ2n) is 10.2. The van der Waals surface area contributed by atoms with Crippen molar-refractivity contribution in [1.29, 1.82) is 0 Å². The Bertz CT molecular complexity index is 1410. The Morgan fingerprint density at radius 1 is 0.868 bits per heavy atom. The van der Waals surface area contributed by atoms with Crippen LogP contribution in [0.4, 0.5) is 5.69 Å². The maximum absolute atomic E-state index is 2.44. The van der Waals surface area contributed by atoms with Gasteiger partial charge in [-0.15, -0.1) is 0 Å². The molecule has 1 unspecified atom stereocenters. The van der Waals surface area contributed by atoms with Crippen LogP contribution in [0.1, 0.15) is 64.7 Å². The largest absolute Gasteiger partial charge is 0.342 e. The molecule has 0 heterocycles. The first-order valence-corrected chi connectivity index (χ1v) is 13.8. The highest BCUT2D eigenvalue weighted by Crippen LogP contribution is 2.53. The molecule has 3 aromatic rings. The first kappa shape index (κ1) is 27.2.